The zero-order valence-corrected chi connectivity index (χ0v) is 13.8. The van der Waals surface area contributed by atoms with Crippen LogP contribution in [0.15, 0.2) is 10.7 Å². The second-order valence-electron chi connectivity index (χ2n) is 4.80. The fraction of sp³-hybridized carbons (Fsp3) is 0.333. The van der Waals surface area contributed by atoms with Crippen LogP contribution in [0.25, 0.3) is 11.3 Å². The van der Waals surface area contributed by atoms with Gasteiger partial charge in [0.05, 0.1) is 19.0 Å². The molecule has 0 radical (unpaired) electrons. The summed E-state index contributed by atoms with van der Waals surface area (Å²) in [5.74, 6) is 1.08. The molecular formula is C15H17BrN2O2. The van der Waals surface area contributed by atoms with E-state index >= 15 is 0 Å². The van der Waals surface area contributed by atoms with Crippen LogP contribution in [-0.2, 0) is 0 Å². The number of nitrogens with zero attached hydrogens (tertiary/aromatic N) is 1. The average molecular weight is 337 g/mol. The van der Waals surface area contributed by atoms with Crippen LogP contribution in [0.1, 0.15) is 34.2 Å². The number of halogens is 1. The second-order valence-corrected chi connectivity index (χ2v) is 5.59. The molecule has 20 heavy (non-hydrogen) atoms. The van der Waals surface area contributed by atoms with Crippen LogP contribution in [0.5, 0.6) is 5.75 Å². The molecule has 0 amide bonds. The minimum absolute atomic E-state index is 0.0873. The molecule has 5 heteroatoms. The van der Waals surface area contributed by atoms with Crippen molar-refractivity contribution < 1.29 is 9.53 Å². The van der Waals surface area contributed by atoms with Gasteiger partial charge in [0.15, 0.2) is 11.6 Å². The predicted molar refractivity (Wildman–Crippen MR) is 82.5 cm³/mol. The Morgan fingerprint density at radius 2 is 1.90 bits per heavy atom. The van der Waals surface area contributed by atoms with Crippen LogP contribution >= 0.6 is 15.9 Å². The van der Waals surface area contributed by atoms with Gasteiger partial charge in [-0.15, -0.1) is 0 Å². The Morgan fingerprint density at radius 3 is 2.40 bits per heavy atom. The van der Waals surface area contributed by atoms with Gasteiger partial charge in [0.25, 0.3) is 0 Å². The number of Topliss-reactive ketones (excluding diaryl/α,β-unsaturated/α-hetero) is 1. The number of hydrogen-bond acceptors (Lipinski definition) is 3. The number of hydrogen-bond donors (Lipinski definition) is 1. The van der Waals surface area contributed by atoms with Crippen LogP contribution in [-0.4, -0.2) is 22.9 Å². The van der Waals surface area contributed by atoms with Gasteiger partial charge < -0.3 is 9.72 Å². The van der Waals surface area contributed by atoms with Crippen molar-refractivity contribution in [2.75, 3.05) is 7.11 Å². The molecule has 0 saturated heterocycles. The lowest BCUT2D eigenvalue weighted by Crippen LogP contribution is -1.99. The van der Waals surface area contributed by atoms with Crippen molar-refractivity contribution in [3.63, 3.8) is 0 Å². The van der Waals surface area contributed by atoms with Gasteiger partial charge in [-0.2, -0.15) is 0 Å². The molecule has 0 aliphatic heterocycles. The maximum Gasteiger partial charge on any atom is 0.194 e. The first kappa shape index (κ1) is 14.8. The molecule has 0 fully saturated rings. The van der Waals surface area contributed by atoms with E-state index in [2.05, 4.69) is 25.9 Å². The Kier molecular flexibility index (Phi) is 3.99. The number of aromatic nitrogens is 2. The van der Waals surface area contributed by atoms with Crippen molar-refractivity contribution in [3.05, 3.63) is 33.2 Å². The zero-order valence-electron chi connectivity index (χ0n) is 12.2. The lowest BCUT2D eigenvalue weighted by Gasteiger charge is -2.17. The average Bonchev–Trinajstić information content (AvgIpc) is 2.89. The van der Waals surface area contributed by atoms with Gasteiger partial charge in [0.2, 0.25) is 0 Å². The fourth-order valence-electron chi connectivity index (χ4n) is 2.29. The van der Waals surface area contributed by atoms with Gasteiger partial charge >= 0.3 is 0 Å². The van der Waals surface area contributed by atoms with Crippen LogP contribution in [0.3, 0.4) is 0 Å². The largest absolute Gasteiger partial charge is 0.496 e. The fourth-order valence-corrected chi connectivity index (χ4v) is 2.79. The van der Waals surface area contributed by atoms with E-state index in [0.717, 1.165) is 38.2 Å². The normalized spacial score (nSPS) is 10.7. The van der Waals surface area contributed by atoms with E-state index in [1.54, 1.807) is 13.3 Å². The molecule has 1 aromatic heterocycles. The number of ketones is 1. The number of ether oxygens (including phenoxy) is 1. The van der Waals surface area contributed by atoms with E-state index < -0.39 is 0 Å². The number of nitrogens with one attached hydrogen (secondary N) is 1. The summed E-state index contributed by atoms with van der Waals surface area (Å²) in [6.45, 7) is 7.57. The zero-order chi connectivity index (χ0) is 15.0. The Morgan fingerprint density at radius 1 is 1.25 bits per heavy atom. The van der Waals surface area contributed by atoms with Crippen molar-refractivity contribution in [1.82, 2.24) is 9.97 Å². The number of carbonyl (C=O) groups is 1. The number of H-pyrrole nitrogens is 1. The molecule has 2 aromatic rings. The molecule has 106 valence electrons. The smallest absolute Gasteiger partial charge is 0.194 e. The third-order valence-electron chi connectivity index (χ3n) is 3.55. The monoisotopic (exact) mass is 336 g/mol. The lowest BCUT2D eigenvalue weighted by atomic mass is 9.97. The standard InChI is InChI=1S/C15H17BrN2O2/c1-7-8(2)14(20-5)12(9(3)13(7)16)11-6-17-15(18-11)10(4)19/h6H,1-5H3,(H,17,18). The Labute approximate surface area is 126 Å². The summed E-state index contributed by atoms with van der Waals surface area (Å²) < 4.78 is 6.61. The summed E-state index contributed by atoms with van der Waals surface area (Å²) in [7, 11) is 1.65. The molecule has 4 nitrogen and oxygen atoms in total. The highest BCUT2D eigenvalue weighted by Crippen LogP contribution is 2.41. The lowest BCUT2D eigenvalue weighted by molar-refractivity contribution is 0.100. The Bertz CT molecular complexity index is 690. The van der Waals surface area contributed by atoms with E-state index in [4.69, 9.17) is 4.74 Å². The molecule has 1 aromatic carbocycles. The number of benzene rings is 1. The van der Waals surface area contributed by atoms with Crippen molar-refractivity contribution in [1.29, 1.82) is 0 Å². The van der Waals surface area contributed by atoms with E-state index in [-0.39, 0.29) is 5.78 Å². The number of imidazole rings is 1. The summed E-state index contributed by atoms with van der Waals surface area (Å²) in [5.41, 5.74) is 4.99. The highest BCUT2D eigenvalue weighted by molar-refractivity contribution is 9.10. The third-order valence-corrected chi connectivity index (χ3v) is 4.74. The van der Waals surface area contributed by atoms with Crippen molar-refractivity contribution in [2.24, 2.45) is 0 Å². The quantitative estimate of drug-likeness (QED) is 0.862. The maximum absolute atomic E-state index is 11.4. The van der Waals surface area contributed by atoms with Gasteiger partial charge in [-0.25, -0.2) is 4.98 Å². The topological polar surface area (TPSA) is 55.0 Å². The molecule has 0 spiro atoms. The Hall–Kier alpha value is -1.62. The molecular weight excluding hydrogens is 320 g/mol. The third kappa shape index (κ3) is 2.26. The number of aromatic amines is 1. The second kappa shape index (κ2) is 5.40. The van der Waals surface area contributed by atoms with Gasteiger partial charge in [0, 0.05) is 17.0 Å². The number of rotatable bonds is 3. The van der Waals surface area contributed by atoms with Crippen molar-refractivity contribution >= 4 is 21.7 Å². The molecule has 2 rings (SSSR count). The van der Waals surface area contributed by atoms with Crippen LogP contribution in [0, 0.1) is 20.8 Å². The van der Waals surface area contributed by atoms with Crippen LogP contribution in [0.4, 0.5) is 0 Å². The van der Waals surface area contributed by atoms with E-state index in [1.807, 2.05) is 20.8 Å². The van der Waals surface area contributed by atoms with Crippen molar-refractivity contribution in [3.8, 4) is 17.0 Å². The van der Waals surface area contributed by atoms with E-state index in [9.17, 15) is 4.79 Å². The Balaban J connectivity index is 2.75. The molecule has 1 heterocycles. The molecule has 0 unspecified atom stereocenters. The highest BCUT2D eigenvalue weighted by Gasteiger charge is 2.20. The van der Waals surface area contributed by atoms with E-state index in [1.165, 1.54) is 6.92 Å². The first-order chi connectivity index (χ1) is 9.38. The molecule has 0 saturated carbocycles. The first-order valence-electron chi connectivity index (χ1n) is 6.28. The van der Waals surface area contributed by atoms with Crippen molar-refractivity contribution in [2.45, 2.75) is 27.7 Å². The maximum atomic E-state index is 11.4. The molecule has 0 atom stereocenters. The minimum atomic E-state index is -0.0873. The minimum Gasteiger partial charge on any atom is -0.496 e. The van der Waals surface area contributed by atoms with Gasteiger partial charge in [0.1, 0.15) is 5.75 Å². The molecule has 0 bridgehead atoms. The summed E-state index contributed by atoms with van der Waals surface area (Å²) in [6, 6.07) is 0. The summed E-state index contributed by atoms with van der Waals surface area (Å²) >= 11 is 3.62. The van der Waals surface area contributed by atoms with Crippen LogP contribution in [0.2, 0.25) is 0 Å². The molecule has 1 N–H and O–H groups in total. The summed E-state index contributed by atoms with van der Waals surface area (Å²) in [4.78, 5) is 18.6. The number of carbonyl (C=O) groups excluding carboxylic acids is 1. The first-order valence-corrected chi connectivity index (χ1v) is 7.07. The molecule has 0 aliphatic carbocycles. The van der Waals surface area contributed by atoms with Gasteiger partial charge in [-0.05, 0) is 37.5 Å². The number of methoxy groups -OCH3 is 1. The predicted octanol–water partition coefficient (Wildman–Crippen LogP) is 3.98. The highest BCUT2D eigenvalue weighted by atomic mass is 79.9. The SMILES string of the molecule is COc1c(C)c(C)c(Br)c(C)c1-c1cnc(C(C)=O)[nH]1. The summed E-state index contributed by atoms with van der Waals surface area (Å²) in [6.07, 6.45) is 1.67. The van der Waals surface area contributed by atoms with Gasteiger partial charge in [-0.3, -0.25) is 4.79 Å². The molecule has 0 aliphatic rings. The summed E-state index contributed by atoms with van der Waals surface area (Å²) in [5, 5.41) is 0. The van der Waals surface area contributed by atoms with E-state index in [0.29, 0.717) is 5.82 Å². The van der Waals surface area contributed by atoms with Gasteiger partial charge in [-0.1, -0.05) is 15.9 Å². The van der Waals surface area contributed by atoms with Crippen LogP contribution < -0.4 is 4.74 Å².